The van der Waals surface area contributed by atoms with Crippen molar-refractivity contribution in [3.8, 4) is 0 Å². The molecule has 0 rings (SSSR count). The van der Waals surface area contributed by atoms with Crippen molar-refractivity contribution in [3.63, 3.8) is 0 Å². The molecule has 0 heterocycles. The molecule has 0 saturated carbocycles. The lowest BCUT2D eigenvalue weighted by atomic mass is 10.5. The van der Waals surface area contributed by atoms with Crippen LogP contribution in [0.5, 0.6) is 0 Å². The molecule has 0 aromatic heterocycles. The molecule has 0 aliphatic rings. The van der Waals surface area contributed by atoms with Gasteiger partial charge in [0.25, 0.3) is 0 Å². The highest BCUT2D eigenvalue weighted by Crippen LogP contribution is 1.87. The molecule has 0 bridgehead atoms. The van der Waals surface area contributed by atoms with Gasteiger partial charge in [-0.25, -0.2) is 9.59 Å². The van der Waals surface area contributed by atoms with Crippen molar-refractivity contribution in [2.24, 2.45) is 0 Å². The second-order valence-electron chi connectivity index (χ2n) is 4.46. The standard InChI is InChI=1S/2C6H15NO2.C2H2O4/c2*1-5(8-3)7-6(2)9-4;3-1(4)2(5)6/h2*5-7H,1-4H3;(H,3,4)(H,5,6). The predicted molar refractivity (Wildman–Crippen MR) is 87.4 cm³/mol. The van der Waals surface area contributed by atoms with Crippen LogP contribution in [0.1, 0.15) is 27.7 Å². The fourth-order valence-electron chi connectivity index (χ4n) is 0.933. The molecule has 0 aromatic rings. The van der Waals surface area contributed by atoms with Gasteiger partial charge in [-0.15, -0.1) is 0 Å². The maximum atomic E-state index is 9.10. The minimum atomic E-state index is -1.82. The molecular weight excluding hydrogens is 324 g/mol. The predicted octanol–water partition coefficient (Wildman–Crippen LogP) is 0.277. The molecule has 24 heavy (non-hydrogen) atoms. The summed E-state index contributed by atoms with van der Waals surface area (Å²) < 4.78 is 19.7. The number of ether oxygens (including phenoxy) is 4. The Morgan fingerprint density at radius 1 is 0.625 bits per heavy atom. The molecule has 0 aromatic carbocycles. The Labute approximate surface area is 143 Å². The van der Waals surface area contributed by atoms with Gasteiger partial charge in [-0.1, -0.05) is 0 Å². The molecule has 0 aliphatic carbocycles. The van der Waals surface area contributed by atoms with E-state index in [4.69, 9.17) is 38.7 Å². The molecule has 0 fully saturated rings. The summed E-state index contributed by atoms with van der Waals surface area (Å²) in [6.07, 6.45) is 0.222. The second kappa shape index (κ2) is 18.0. The molecule has 4 unspecified atom stereocenters. The van der Waals surface area contributed by atoms with Crippen LogP contribution >= 0.6 is 0 Å². The maximum Gasteiger partial charge on any atom is 0.414 e. The first-order valence-electron chi connectivity index (χ1n) is 7.15. The van der Waals surface area contributed by atoms with Crippen LogP contribution < -0.4 is 10.6 Å². The first-order valence-corrected chi connectivity index (χ1v) is 7.15. The quantitative estimate of drug-likeness (QED) is 0.354. The fraction of sp³-hybridized carbons (Fsp3) is 0.857. The van der Waals surface area contributed by atoms with Gasteiger partial charge in [-0.2, -0.15) is 0 Å². The van der Waals surface area contributed by atoms with Gasteiger partial charge in [0.05, 0.1) is 0 Å². The van der Waals surface area contributed by atoms with Crippen LogP contribution in [0.3, 0.4) is 0 Å². The second-order valence-corrected chi connectivity index (χ2v) is 4.46. The minimum Gasteiger partial charge on any atom is -0.473 e. The van der Waals surface area contributed by atoms with Crippen molar-refractivity contribution < 1.29 is 38.7 Å². The summed E-state index contributed by atoms with van der Waals surface area (Å²) >= 11 is 0. The molecule has 4 atom stereocenters. The van der Waals surface area contributed by atoms with Crippen molar-refractivity contribution in [1.29, 1.82) is 0 Å². The fourth-order valence-corrected chi connectivity index (χ4v) is 0.933. The first-order chi connectivity index (χ1) is 11.0. The molecule has 10 heteroatoms. The molecule has 10 nitrogen and oxygen atoms in total. The third-order valence-electron chi connectivity index (χ3n) is 2.54. The number of aliphatic carboxylic acids is 2. The summed E-state index contributed by atoms with van der Waals surface area (Å²) in [5.41, 5.74) is 0. The summed E-state index contributed by atoms with van der Waals surface area (Å²) in [6.45, 7) is 7.70. The summed E-state index contributed by atoms with van der Waals surface area (Å²) in [6, 6.07) is 0. The van der Waals surface area contributed by atoms with Gasteiger partial charge in [0.15, 0.2) is 0 Å². The number of carboxylic acid groups (broad SMARTS) is 2. The van der Waals surface area contributed by atoms with E-state index in [-0.39, 0.29) is 24.9 Å². The SMILES string of the molecule is COC(C)NC(C)OC.COC(C)NC(C)OC.O=C(O)C(=O)O. The molecule has 0 amide bonds. The van der Waals surface area contributed by atoms with E-state index in [0.29, 0.717) is 0 Å². The first kappa shape index (κ1) is 27.5. The van der Waals surface area contributed by atoms with E-state index in [1.165, 1.54) is 0 Å². The maximum absolute atomic E-state index is 9.10. The van der Waals surface area contributed by atoms with Crippen molar-refractivity contribution in [1.82, 2.24) is 10.6 Å². The van der Waals surface area contributed by atoms with Crippen LogP contribution in [0.25, 0.3) is 0 Å². The van der Waals surface area contributed by atoms with Gasteiger partial charge in [-0.05, 0) is 27.7 Å². The summed E-state index contributed by atoms with van der Waals surface area (Å²) in [5, 5.41) is 20.9. The Morgan fingerprint density at radius 2 is 0.792 bits per heavy atom. The van der Waals surface area contributed by atoms with Crippen molar-refractivity contribution >= 4 is 11.9 Å². The van der Waals surface area contributed by atoms with E-state index in [1.807, 2.05) is 27.7 Å². The van der Waals surface area contributed by atoms with Gasteiger partial charge in [0, 0.05) is 28.4 Å². The Balaban J connectivity index is -0.000000282. The van der Waals surface area contributed by atoms with E-state index >= 15 is 0 Å². The summed E-state index contributed by atoms with van der Waals surface area (Å²) in [7, 11) is 6.61. The Hall–Kier alpha value is -1.30. The van der Waals surface area contributed by atoms with E-state index in [0.717, 1.165) is 0 Å². The monoisotopic (exact) mass is 356 g/mol. The van der Waals surface area contributed by atoms with Crippen molar-refractivity contribution in [2.75, 3.05) is 28.4 Å². The lowest BCUT2D eigenvalue weighted by Gasteiger charge is -2.16. The number of hydrogen-bond donors (Lipinski definition) is 4. The molecule has 0 aliphatic heterocycles. The van der Waals surface area contributed by atoms with Gasteiger partial charge in [0.2, 0.25) is 0 Å². The summed E-state index contributed by atoms with van der Waals surface area (Å²) in [4.78, 5) is 18.2. The zero-order valence-electron chi connectivity index (χ0n) is 15.7. The van der Waals surface area contributed by atoms with E-state index < -0.39 is 11.9 Å². The lowest BCUT2D eigenvalue weighted by Crippen LogP contribution is -2.36. The molecule has 146 valence electrons. The average Bonchev–Trinajstić information content (AvgIpc) is 2.55. The third kappa shape index (κ3) is 23.0. The molecule has 0 spiro atoms. The number of carbonyl (C=O) groups is 2. The Morgan fingerprint density at radius 3 is 0.875 bits per heavy atom. The smallest absolute Gasteiger partial charge is 0.414 e. The van der Waals surface area contributed by atoms with Crippen LogP contribution in [-0.2, 0) is 28.5 Å². The molecule has 0 radical (unpaired) electrons. The van der Waals surface area contributed by atoms with E-state index in [2.05, 4.69) is 10.6 Å². The van der Waals surface area contributed by atoms with Gasteiger partial charge >= 0.3 is 11.9 Å². The highest BCUT2D eigenvalue weighted by atomic mass is 16.5. The van der Waals surface area contributed by atoms with Crippen molar-refractivity contribution in [3.05, 3.63) is 0 Å². The van der Waals surface area contributed by atoms with Gasteiger partial charge in [-0.3, -0.25) is 10.6 Å². The minimum absolute atomic E-state index is 0.0555. The molecule has 0 saturated heterocycles. The molecular formula is C14H32N2O8. The van der Waals surface area contributed by atoms with Crippen LogP contribution in [0.15, 0.2) is 0 Å². The highest BCUT2D eigenvalue weighted by Gasteiger charge is 2.04. The van der Waals surface area contributed by atoms with Crippen LogP contribution in [0.2, 0.25) is 0 Å². The Bertz CT molecular complexity index is 271. The van der Waals surface area contributed by atoms with E-state index in [9.17, 15) is 0 Å². The topological polar surface area (TPSA) is 136 Å². The van der Waals surface area contributed by atoms with Crippen LogP contribution in [0.4, 0.5) is 0 Å². The highest BCUT2D eigenvalue weighted by molar-refractivity contribution is 6.27. The lowest BCUT2D eigenvalue weighted by molar-refractivity contribution is -0.159. The number of methoxy groups -OCH3 is 4. The zero-order chi connectivity index (χ0) is 19.7. The largest absolute Gasteiger partial charge is 0.473 e. The van der Waals surface area contributed by atoms with Gasteiger partial charge < -0.3 is 29.2 Å². The number of nitrogens with one attached hydrogen (secondary N) is 2. The Kier molecular flexibility index (Phi) is 20.7. The zero-order valence-corrected chi connectivity index (χ0v) is 15.7. The normalized spacial score (nSPS) is 14.8. The van der Waals surface area contributed by atoms with E-state index in [1.54, 1.807) is 28.4 Å². The number of rotatable bonds is 8. The third-order valence-corrected chi connectivity index (χ3v) is 2.54. The average molecular weight is 356 g/mol. The van der Waals surface area contributed by atoms with Crippen molar-refractivity contribution in [2.45, 2.75) is 52.6 Å². The molecule has 4 N–H and O–H groups in total. The summed E-state index contributed by atoms with van der Waals surface area (Å²) in [5.74, 6) is -3.65. The number of carboxylic acids is 2. The number of hydrogen-bond acceptors (Lipinski definition) is 8. The van der Waals surface area contributed by atoms with Crippen LogP contribution in [0, 0.1) is 0 Å². The van der Waals surface area contributed by atoms with Gasteiger partial charge in [0.1, 0.15) is 24.9 Å². The van der Waals surface area contributed by atoms with Crippen LogP contribution in [-0.4, -0.2) is 75.5 Å².